The van der Waals surface area contributed by atoms with Crippen LogP contribution in [0.5, 0.6) is 0 Å². The van der Waals surface area contributed by atoms with Gasteiger partial charge in [-0.05, 0) is 60.4 Å². The molecule has 0 aliphatic carbocycles. The fourth-order valence-corrected chi connectivity index (χ4v) is 8.42. The van der Waals surface area contributed by atoms with Crippen molar-refractivity contribution in [3.8, 4) is 33.6 Å². The quantitative estimate of drug-likeness (QED) is 0.102. The van der Waals surface area contributed by atoms with Crippen molar-refractivity contribution < 1.29 is 28.7 Å². The highest BCUT2D eigenvalue weighted by atomic mass is 16.5. The third-order valence-corrected chi connectivity index (χ3v) is 11.5. The van der Waals surface area contributed by atoms with Crippen LogP contribution in [0, 0.1) is 6.92 Å². The van der Waals surface area contributed by atoms with Gasteiger partial charge in [0.25, 0.3) is 11.8 Å². The predicted molar refractivity (Wildman–Crippen MR) is 229 cm³/mol. The fraction of sp³-hybridized carbons (Fsp3) is 0.277. The van der Waals surface area contributed by atoms with E-state index < -0.39 is 24.3 Å². The van der Waals surface area contributed by atoms with E-state index in [1.807, 2.05) is 79.7 Å². The first-order valence-corrected chi connectivity index (χ1v) is 20.4. The lowest BCUT2D eigenvalue weighted by Gasteiger charge is -2.28. The molecule has 14 nitrogen and oxygen atoms in total. The molecule has 4 aromatic carbocycles. The SMILES string of the molecule is COC(=O)N[C@@H](C(=O)N1CCC[C@H]1c1ncc(-c2ccc(-c3ccc(-c4nc([C@@H]5CCCN5C(=O)[C@H](NC(=O)OC)c5ccccc5)[nH]c4C)cc3)cc2)[nH]1)c1ccccc1. The predicted octanol–water partition coefficient (Wildman–Crippen LogP) is 7.96. The number of hydrogen-bond donors (Lipinski definition) is 4. The zero-order valence-corrected chi connectivity index (χ0v) is 34.3. The highest BCUT2D eigenvalue weighted by Crippen LogP contribution is 2.37. The summed E-state index contributed by atoms with van der Waals surface area (Å²) in [6.45, 7) is 3.08. The van der Waals surface area contributed by atoms with Crippen molar-refractivity contribution in [1.82, 2.24) is 40.4 Å². The molecule has 4 amide bonds. The Balaban J connectivity index is 0.943. The van der Waals surface area contributed by atoms with Crippen LogP contribution in [-0.2, 0) is 19.1 Å². The van der Waals surface area contributed by atoms with E-state index in [2.05, 4.69) is 57.0 Å². The Morgan fingerprint density at radius 1 is 0.623 bits per heavy atom. The average Bonchev–Trinajstić information content (AvgIpc) is 4.15. The molecule has 2 aliphatic heterocycles. The molecule has 8 rings (SSSR count). The van der Waals surface area contributed by atoms with Gasteiger partial charge in [-0.3, -0.25) is 9.59 Å². The van der Waals surface area contributed by atoms with Gasteiger partial charge in [-0.1, -0.05) is 109 Å². The number of imidazole rings is 2. The monoisotopic (exact) mass is 820 g/mol. The highest BCUT2D eigenvalue weighted by Gasteiger charge is 2.39. The third-order valence-electron chi connectivity index (χ3n) is 11.5. The number of rotatable bonds is 11. The van der Waals surface area contributed by atoms with Crippen LogP contribution in [0.4, 0.5) is 9.59 Å². The van der Waals surface area contributed by atoms with Crippen molar-refractivity contribution >= 4 is 24.0 Å². The standard InChI is InChI=1S/C47H48N8O6/c1-29-39(51-43(49-29)38-17-11-27-55(38)45(57)41(53-47(59)61-3)34-14-8-5-9-15-34)35-24-20-31(21-25-35)30-18-22-32(23-19-30)36-28-48-42(50-36)37-16-10-26-54(37)44(56)40(52-46(58)60-2)33-12-6-4-7-13-33/h4-9,12-15,18-25,28,37-38,40-41H,10-11,16-17,26-27H2,1-3H3,(H,48,50)(H,49,51)(H,52,58)(H,53,59)/t37-,38-,40+,41+/m0/s1. The summed E-state index contributed by atoms with van der Waals surface area (Å²) >= 11 is 0. The second-order valence-electron chi connectivity index (χ2n) is 15.3. The summed E-state index contributed by atoms with van der Waals surface area (Å²) in [5, 5.41) is 5.43. The number of aromatic nitrogens is 4. The second kappa shape index (κ2) is 18.0. The number of hydrogen-bond acceptors (Lipinski definition) is 8. The van der Waals surface area contributed by atoms with Crippen molar-refractivity contribution in [2.24, 2.45) is 0 Å². The molecule has 61 heavy (non-hydrogen) atoms. The van der Waals surface area contributed by atoms with Gasteiger partial charge in [0, 0.05) is 24.3 Å². The van der Waals surface area contributed by atoms with E-state index in [0.717, 1.165) is 65.0 Å². The number of benzene rings is 4. The van der Waals surface area contributed by atoms with Crippen LogP contribution >= 0.6 is 0 Å². The highest BCUT2D eigenvalue weighted by molar-refractivity contribution is 5.88. The van der Waals surface area contributed by atoms with Crippen LogP contribution < -0.4 is 10.6 Å². The lowest BCUT2D eigenvalue weighted by atomic mass is 10.0. The lowest BCUT2D eigenvalue weighted by molar-refractivity contribution is -0.135. The van der Waals surface area contributed by atoms with Gasteiger partial charge < -0.3 is 39.9 Å². The zero-order valence-electron chi connectivity index (χ0n) is 34.3. The Bertz CT molecular complexity index is 2490. The Morgan fingerprint density at radius 2 is 1.08 bits per heavy atom. The van der Waals surface area contributed by atoms with E-state index in [0.29, 0.717) is 35.9 Å². The Hall–Kier alpha value is -7.22. The van der Waals surface area contributed by atoms with Gasteiger partial charge in [-0.2, -0.15) is 0 Å². The number of amides is 4. The molecule has 312 valence electrons. The smallest absolute Gasteiger partial charge is 0.407 e. The number of aromatic amines is 2. The molecule has 2 fully saturated rings. The van der Waals surface area contributed by atoms with E-state index in [4.69, 9.17) is 19.4 Å². The van der Waals surface area contributed by atoms with Gasteiger partial charge in [-0.15, -0.1) is 0 Å². The maximum Gasteiger partial charge on any atom is 0.407 e. The number of carbonyl (C=O) groups excluding carboxylic acids is 4. The molecule has 14 heteroatoms. The van der Waals surface area contributed by atoms with Crippen molar-refractivity contribution in [3.05, 3.63) is 144 Å². The molecule has 0 saturated carbocycles. The van der Waals surface area contributed by atoms with Crippen LogP contribution in [0.25, 0.3) is 33.6 Å². The maximum atomic E-state index is 14.0. The molecule has 2 aliphatic rings. The summed E-state index contributed by atoms with van der Waals surface area (Å²) in [6.07, 6.45) is 3.57. The fourth-order valence-electron chi connectivity index (χ4n) is 8.42. The topological polar surface area (TPSA) is 175 Å². The molecular formula is C47H48N8O6. The normalized spacial score (nSPS) is 17.1. The number of likely N-dealkylation sites (tertiary alicyclic amines) is 2. The minimum absolute atomic E-state index is 0.214. The summed E-state index contributed by atoms with van der Waals surface area (Å²) in [4.78, 5) is 72.6. The molecule has 0 bridgehead atoms. The Morgan fingerprint density at radius 3 is 1.57 bits per heavy atom. The summed E-state index contributed by atoms with van der Waals surface area (Å²) in [6, 6.07) is 32.5. The number of aryl methyl sites for hydroxylation is 1. The summed E-state index contributed by atoms with van der Waals surface area (Å²) in [5.74, 6) is 0.978. The van der Waals surface area contributed by atoms with E-state index in [1.165, 1.54) is 14.2 Å². The van der Waals surface area contributed by atoms with E-state index in [1.54, 1.807) is 16.0 Å². The molecule has 4 N–H and O–H groups in total. The van der Waals surface area contributed by atoms with Gasteiger partial charge >= 0.3 is 12.2 Å². The molecule has 0 radical (unpaired) electrons. The second-order valence-corrected chi connectivity index (χ2v) is 15.3. The van der Waals surface area contributed by atoms with Gasteiger partial charge in [-0.25, -0.2) is 19.6 Å². The van der Waals surface area contributed by atoms with Crippen LogP contribution in [0.3, 0.4) is 0 Å². The van der Waals surface area contributed by atoms with Crippen molar-refractivity contribution in [2.75, 3.05) is 27.3 Å². The largest absolute Gasteiger partial charge is 0.453 e. The molecular weight excluding hydrogens is 773 g/mol. The van der Waals surface area contributed by atoms with E-state index in [-0.39, 0.29) is 23.9 Å². The first-order valence-electron chi connectivity index (χ1n) is 20.4. The zero-order chi connectivity index (χ0) is 42.5. The number of nitrogens with one attached hydrogen (secondary N) is 4. The Labute approximate surface area is 353 Å². The van der Waals surface area contributed by atoms with Crippen molar-refractivity contribution in [3.63, 3.8) is 0 Å². The molecule has 6 aromatic rings. The number of carbonyl (C=O) groups is 4. The average molecular weight is 821 g/mol. The van der Waals surface area contributed by atoms with Gasteiger partial charge in [0.15, 0.2) is 0 Å². The molecule has 2 saturated heterocycles. The van der Waals surface area contributed by atoms with Crippen LogP contribution in [-0.4, -0.2) is 81.0 Å². The van der Waals surface area contributed by atoms with Gasteiger partial charge in [0.1, 0.15) is 23.7 Å². The van der Waals surface area contributed by atoms with Crippen LogP contribution in [0.15, 0.2) is 115 Å². The van der Waals surface area contributed by atoms with E-state index in [9.17, 15) is 19.2 Å². The van der Waals surface area contributed by atoms with Crippen LogP contribution in [0.2, 0.25) is 0 Å². The number of alkyl carbamates (subject to hydrolysis) is 2. The van der Waals surface area contributed by atoms with E-state index >= 15 is 0 Å². The van der Waals surface area contributed by atoms with Crippen molar-refractivity contribution in [1.29, 1.82) is 0 Å². The minimum Gasteiger partial charge on any atom is -0.453 e. The van der Waals surface area contributed by atoms with Crippen molar-refractivity contribution in [2.45, 2.75) is 56.8 Å². The molecule has 4 atom stereocenters. The third kappa shape index (κ3) is 8.60. The lowest BCUT2D eigenvalue weighted by Crippen LogP contribution is -2.42. The first-order chi connectivity index (χ1) is 29.7. The summed E-state index contributed by atoms with van der Waals surface area (Å²) in [5.41, 5.74) is 7.90. The summed E-state index contributed by atoms with van der Waals surface area (Å²) < 4.78 is 9.67. The number of ether oxygens (including phenoxy) is 2. The maximum absolute atomic E-state index is 14.0. The molecule has 0 unspecified atom stereocenters. The van der Waals surface area contributed by atoms with Gasteiger partial charge in [0.2, 0.25) is 0 Å². The molecule has 2 aromatic heterocycles. The first kappa shape index (κ1) is 40.6. The number of nitrogens with zero attached hydrogens (tertiary/aromatic N) is 4. The molecule has 4 heterocycles. The Kier molecular flexibility index (Phi) is 11.9. The summed E-state index contributed by atoms with van der Waals surface area (Å²) in [7, 11) is 2.56. The number of H-pyrrole nitrogens is 2. The minimum atomic E-state index is -0.888. The number of methoxy groups -OCH3 is 2. The molecule has 0 spiro atoms. The van der Waals surface area contributed by atoms with Crippen LogP contribution in [0.1, 0.15) is 78.3 Å². The van der Waals surface area contributed by atoms with Gasteiger partial charge in [0.05, 0.1) is 43.9 Å².